The van der Waals surface area contributed by atoms with Crippen LogP contribution in [-0.4, -0.2) is 25.2 Å². The lowest BCUT2D eigenvalue weighted by Crippen LogP contribution is -2.49. The molecule has 0 aromatic heterocycles. The first kappa shape index (κ1) is 12.0. The van der Waals surface area contributed by atoms with Crippen molar-refractivity contribution < 1.29 is 0 Å². The van der Waals surface area contributed by atoms with Crippen LogP contribution < -0.4 is 10.2 Å². The number of hydrogen-bond donors (Lipinski definition) is 1. The van der Waals surface area contributed by atoms with Crippen LogP contribution in [0.15, 0.2) is 18.2 Å². The third-order valence-corrected chi connectivity index (χ3v) is 4.84. The van der Waals surface area contributed by atoms with Gasteiger partial charge in [-0.05, 0) is 57.7 Å². The van der Waals surface area contributed by atoms with Crippen LogP contribution in [0, 0.1) is 13.8 Å². The number of benzene rings is 1. The highest BCUT2D eigenvalue weighted by atomic mass is 15.2. The van der Waals surface area contributed by atoms with Crippen LogP contribution in [0.25, 0.3) is 0 Å². The number of anilines is 1. The maximum absolute atomic E-state index is 3.48. The monoisotopic (exact) mass is 244 g/mol. The minimum Gasteiger partial charge on any atom is -0.365 e. The summed E-state index contributed by atoms with van der Waals surface area (Å²) in [7, 11) is 2.11. The second-order valence-corrected chi connectivity index (χ2v) is 5.99. The Hall–Kier alpha value is -1.02. The van der Waals surface area contributed by atoms with Gasteiger partial charge in [-0.1, -0.05) is 18.2 Å². The van der Waals surface area contributed by atoms with E-state index in [0.717, 1.165) is 18.1 Å². The molecular formula is C16H24N2. The molecule has 0 radical (unpaired) electrons. The summed E-state index contributed by atoms with van der Waals surface area (Å²) >= 11 is 0. The maximum atomic E-state index is 3.48. The van der Waals surface area contributed by atoms with Gasteiger partial charge in [0.25, 0.3) is 0 Å². The molecule has 98 valence electrons. The highest BCUT2D eigenvalue weighted by Gasteiger charge is 2.41. The summed E-state index contributed by atoms with van der Waals surface area (Å²) in [5, 5.41) is 3.48. The Labute approximate surface area is 110 Å². The summed E-state index contributed by atoms with van der Waals surface area (Å²) in [5.41, 5.74) is 4.39. The molecule has 0 saturated carbocycles. The summed E-state index contributed by atoms with van der Waals surface area (Å²) in [5.74, 6) is 0. The zero-order valence-electron chi connectivity index (χ0n) is 11.7. The SMILES string of the molecule is CNC1CC2CCC(C1)N2c1c(C)cccc1C. The van der Waals surface area contributed by atoms with Crippen molar-refractivity contribution in [3.8, 4) is 0 Å². The number of nitrogens with one attached hydrogen (secondary N) is 1. The third kappa shape index (κ3) is 1.83. The van der Waals surface area contributed by atoms with Crippen molar-refractivity contribution in [2.45, 2.75) is 57.7 Å². The maximum Gasteiger partial charge on any atom is 0.0430 e. The molecule has 2 atom stereocenters. The van der Waals surface area contributed by atoms with Crippen LogP contribution >= 0.6 is 0 Å². The predicted octanol–water partition coefficient (Wildman–Crippen LogP) is 3.02. The van der Waals surface area contributed by atoms with E-state index in [9.17, 15) is 0 Å². The van der Waals surface area contributed by atoms with Crippen LogP contribution in [0.2, 0.25) is 0 Å². The summed E-state index contributed by atoms with van der Waals surface area (Å²) in [4.78, 5) is 2.73. The van der Waals surface area contributed by atoms with Gasteiger partial charge in [0.1, 0.15) is 0 Å². The normalized spacial score (nSPS) is 30.8. The van der Waals surface area contributed by atoms with Crippen molar-refractivity contribution in [1.82, 2.24) is 5.32 Å². The standard InChI is InChI=1S/C16H24N2/c1-11-5-4-6-12(2)16(11)18-14-7-8-15(18)10-13(9-14)17-3/h4-6,13-15,17H,7-10H2,1-3H3. The lowest BCUT2D eigenvalue weighted by molar-refractivity contribution is 0.373. The van der Waals surface area contributed by atoms with Crippen LogP contribution in [-0.2, 0) is 0 Å². The predicted molar refractivity (Wildman–Crippen MR) is 77.3 cm³/mol. The molecule has 3 rings (SSSR count). The molecular weight excluding hydrogens is 220 g/mol. The molecule has 1 N–H and O–H groups in total. The van der Waals surface area contributed by atoms with Gasteiger partial charge in [-0.3, -0.25) is 0 Å². The van der Waals surface area contributed by atoms with Gasteiger partial charge in [0, 0.05) is 23.8 Å². The summed E-state index contributed by atoms with van der Waals surface area (Å²) in [6.07, 6.45) is 5.36. The Morgan fingerprint density at radius 3 is 2.11 bits per heavy atom. The van der Waals surface area contributed by atoms with Crippen molar-refractivity contribution >= 4 is 5.69 Å². The largest absolute Gasteiger partial charge is 0.365 e. The lowest BCUT2D eigenvalue weighted by Gasteiger charge is -2.42. The number of piperidine rings is 1. The fourth-order valence-electron chi connectivity index (χ4n) is 3.99. The van der Waals surface area contributed by atoms with Gasteiger partial charge in [-0.2, -0.15) is 0 Å². The third-order valence-electron chi connectivity index (χ3n) is 4.84. The van der Waals surface area contributed by atoms with Crippen LogP contribution in [0.4, 0.5) is 5.69 Å². The van der Waals surface area contributed by atoms with E-state index in [2.05, 4.69) is 49.3 Å². The Balaban J connectivity index is 1.94. The van der Waals surface area contributed by atoms with E-state index in [1.54, 1.807) is 0 Å². The Morgan fingerprint density at radius 1 is 1.06 bits per heavy atom. The first-order valence-electron chi connectivity index (χ1n) is 7.22. The molecule has 18 heavy (non-hydrogen) atoms. The Kier molecular flexibility index (Phi) is 3.06. The van der Waals surface area contributed by atoms with Gasteiger partial charge >= 0.3 is 0 Å². The zero-order chi connectivity index (χ0) is 12.7. The van der Waals surface area contributed by atoms with E-state index in [-0.39, 0.29) is 0 Å². The molecule has 1 aromatic carbocycles. The molecule has 2 bridgehead atoms. The molecule has 2 heterocycles. The Morgan fingerprint density at radius 2 is 1.61 bits per heavy atom. The highest BCUT2D eigenvalue weighted by molar-refractivity contribution is 5.61. The number of para-hydroxylation sites is 1. The van der Waals surface area contributed by atoms with E-state index in [1.165, 1.54) is 42.5 Å². The van der Waals surface area contributed by atoms with Crippen LogP contribution in [0.1, 0.15) is 36.8 Å². The van der Waals surface area contributed by atoms with Gasteiger partial charge in [0.2, 0.25) is 0 Å². The molecule has 2 aliphatic rings. The number of rotatable bonds is 2. The first-order chi connectivity index (χ1) is 8.70. The van der Waals surface area contributed by atoms with Crippen molar-refractivity contribution in [2.75, 3.05) is 11.9 Å². The van der Waals surface area contributed by atoms with E-state index < -0.39 is 0 Å². The zero-order valence-corrected chi connectivity index (χ0v) is 11.7. The minimum atomic E-state index is 0.725. The van der Waals surface area contributed by atoms with Gasteiger partial charge in [0.15, 0.2) is 0 Å². The molecule has 2 nitrogen and oxygen atoms in total. The molecule has 2 aliphatic heterocycles. The van der Waals surface area contributed by atoms with E-state index in [1.807, 2.05) is 0 Å². The van der Waals surface area contributed by atoms with Gasteiger partial charge in [-0.25, -0.2) is 0 Å². The average molecular weight is 244 g/mol. The Bertz CT molecular complexity index is 406. The number of nitrogens with zero attached hydrogens (tertiary/aromatic N) is 1. The lowest BCUT2D eigenvalue weighted by atomic mass is 9.95. The topological polar surface area (TPSA) is 15.3 Å². The van der Waals surface area contributed by atoms with Crippen molar-refractivity contribution in [3.63, 3.8) is 0 Å². The molecule has 2 saturated heterocycles. The molecule has 2 unspecified atom stereocenters. The van der Waals surface area contributed by atoms with Gasteiger partial charge < -0.3 is 10.2 Å². The molecule has 1 aromatic rings. The van der Waals surface area contributed by atoms with Gasteiger partial charge in [0.05, 0.1) is 0 Å². The van der Waals surface area contributed by atoms with E-state index in [0.29, 0.717) is 0 Å². The first-order valence-corrected chi connectivity index (χ1v) is 7.22. The molecule has 0 amide bonds. The number of aryl methyl sites for hydroxylation is 2. The summed E-state index contributed by atoms with van der Waals surface area (Å²) in [6, 6.07) is 8.92. The van der Waals surface area contributed by atoms with Crippen molar-refractivity contribution in [1.29, 1.82) is 0 Å². The van der Waals surface area contributed by atoms with Crippen molar-refractivity contribution in [2.24, 2.45) is 0 Å². The fraction of sp³-hybridized carbons (Fsp3) is 0.625. The molecule has 0 spiro atoms. The minimum absolute atomic E-state index is 0.725. The van der Waals surface area contributed by atoms with E-state index in [4.69, 9.17) is 0 Å². The molecule has 0 aliphatic carbocycles. The van der Waals surface area contributed by atoms with Crippen LogP contribution in [0.5, 0.6) is 0 Å². The smallest absolute Gasteiger partial charge is 0.0430 e. The summed E-state index contributed by atoms with van der Waals surface area (Å²) < 4.78 is 0. The van der Waals surface area contributed by atoms with Crippen molar-refractivity contribution in [3.05, 3.63) is 29.3 Å². The molecule has 2 fully saturated rings. The average Bonchev–Trinajstić information content (AvgIpc) is 2.61. The molecule has 2 heteroatoms. The number of hydrogen-bond acceptors (Lipinski definition) is 2. The van der Waals surface area contributed by atoms with Gasteiger partial charge in [-0.15, -0.1) is 0 Å². The highest BCUT2D eigenvalue weighted by Crippen LogP contribution is 2.41. The van der Waals surface area contributed by atoms with E-state index >= 15 is 0 Å². The fourth-order valence-corrected chi connectivity index (χ4v) is 3.99. The second-order valence-electron chi connectivity index (χ2n) is 5.99. The van der Waals surface area contributed by atoms with Crippen LogP contribution in [0.3, 0.4) is 0 Å². The summed E-state index contributed by atoms with van der Waals surface area (Å²) in [6.45, 7) is 4.51. The number of fused-ring (bicyclic) bond motifs is 2. The quantitative estimate of drug-likeness (QED) is 0.860. The second kappa shape index (κ2) is 4.58.